The second-order valence-corrected chi connectivity index (χ2v) is 6.92. The third-order valence-electron chi connectivity index (χ3n) is 4.71. The van der Waals surface area contributed by atoms with Crippen molar-refractivity contribution in [3.63, 3.8) is 0 Å². The van der Waals surface area contributed by atoms with Gasteiger partial charge in [0.2, 0.25) is 0 Å². The quantitative estimate of drug-likeness (QED) is 0.802. The highest BCUT2D eigenvalue weighted by Gasteiger charge is 2.25. The topological polar surface area (TPSA) is 82.4 Å². The Morgan fingerprint density at radius 1 is 1.32 bits per heavy atom. The number of benzene rings is 1. The molecule has 0 unspecified atom stereocenters. The molecule has 0 radical (unpaired) electrons. The van der Waals surface area contributed by atoms with Gasteiger partial charge in [-0.05, 0) is 11.8 Å². The monoisotopic (exact) mass is 385 g/mol. The number of piperidine rings is 1. The average Bonchev–Trinajstić information content (AvgIpc) is 2.70. The number of nitrogens with zero attached hydrogens (tertiary/aromatic N) is 4. The first kappa shape index (κ1) is 19.7. The van der Waals surface area contributed by atoms with Gasteiger partial charge in [-0.2, -0.15) is 0 Å². The number of amides is 2. The lowest BCUT2D eigenvalue weighted by Crippen LogP contribution is -2.46. The number of ether oxygens (including phenoxy) is 1. The molecule has 8 heteroatoms. The van der Waals surface area contributed by atoms with Crippen molar-refractivity contribution in [1.82, 2.24) is 19.8 Å². The summed E-state index contributed by atoms with van der Waals surface area (Å²) < 4.78 is 20.4. The highest BCUT2D eigenvalue weighted by Crippen LogP contribution is 2.25. The summed E-state index contributed by atoms with van der Waals surface area (Å²) in [5, 5.41) is 7.16. The molecule has 1 aromatic carbocycles. The van der Waals surface area contributed by atoms with E-state index in [1.165, 1.54) is 6.21 Å². The number of hydrogen-bond donors (Lipinski definition) is 1. The Balaban J connectivity index is 1.62. The van der Waals surface area contributed by atoms with Gasteiger partial charge >= 0.3 is 12.0 Å². The van der Waals surface area contributed by atoms with Crippen LogP contribution in [0.4, 0.5) is 9.18 Å². The minimum Gasteiger partial charge on any atom is -0.460 e. The number of aromatic nitrogens is 2. The summed E-state index contributed by atoms with van der Waals surface area (Å²) in [6.45, 7) is 1.26. The van der Waals surface area contributed by atoms with E-state index in [2.05, 4.69) is 9.97 Å². The molecule has 1 aromatic heterocycles. The molecule has 3 rings (SSSR count). The molecule has 0 spiro atoms. The molecule has 1 fully saturated rings. The van der Waals surface area contributed by atoms with Crippen LogP contribution < -0.4 is 4.74 Å². The van der Waals surface area contributed by atoms with Crippen LogP contribution in [0.1, 0.15) is 18.4 Å². The van der Waals surface area contributed by atoms with Crippen LogP contribution in [0.5, 0.6) is 6.01 Å². The number of hydrogen-bond acceptors (Lipinski definition) is 5. The molecule has 2 heterocycles. The normalized spacial score (nSPS) is 14.6. The van der Waals surface area contributed by atoms with Crippen LogP contribution in [-0.4, -0.2) is 65.3 Å². The fraction of sp³-hybridized carbons (Fsp3) is 0.400. The van der Waals surface area contributed by atoms with Crippen LogP contribution in [-0.2, 0) is 6.42 Å². The van der Waals surface area contributed by atoms with Crippen LogP contribution in [0, 0.1) is 11.2 Å². The zero-order valence-corrected chi connectivity index (χ0v) is 16.1. The Labute approximate surface area is 163 Å². The standard InChI is InChI=1S/C20H24FN5O2/c1-25(2)20(27)26-10-7-16(8-11-26)28-19-23-12-15(13-24-19)17-5-3-4-14(6-9-22)18(17)21/h3-5,9,12-13,16,22H,6-8,10-11H2,1-2H3. The molecule has 1 saturated heterocycles. The van der Waals surface area contributed by atoms with Crippen molar-refractivity contribution in [1.29, 1.82) is 5.41 Å². The number of carbonyl (C=O) groups excluding carboxylic acids is 1. The Kier molecular flexibility index (Phi) is 6.18. The molecule has 2 aromatic rings. The van der Waals surface area contributed by atoms with Gasteiger partial charge in [0, 0.05) is 70.0 Å². The van der Waals surface area contributed by atoms with E-state index in [1.807, 2.05) is 0 Å². The van der Waals surface area contributed by atoms with Crippen molar-refractivity contribution in [3.05, 3.63) is 42.0 Å². The summed E-state index contributed by atoms with van der Waals surface area (Å²) >= 11 is 0. The minimum atomic E-state index is -0.360. The highest BCUT2D eigenvalue weighted by molar-refractivity contribution is 5.73. The predicted octanol–water partition coefficient (Wildman–Crippen LogP) is 3.00. The van der Waals surface area contributed by atoms with E-state index in [0.29, 0.717) is 42.6 Å². The Bertz CT molecular complexity index is 833. The van der Waals surface area contributed by atoms with E-state index < -0.39 is 0 Å². The molecule has 1 aliphatic rings. The van der Waals surface area contributed by atoms with Crippen molar-refractivity contribution < 1.29 is 13.9 Å². The first-order chi connectivity index (χ1) is 13.5. The van der Waals surface area contributed by atoms with Gasteiger partial charge in [0.05, 0.1) is 0 Å². The maximum Gasteiger partial charge on any atom is 0.319 e. The van der Waals surface area contributed by atoms with Gasteiger partial charge in [0.25, 0.3) is 0 Å². The van der Waals surface area contributed by atoms with Crippen LogP contribution in [0.3, 0.4) is 0 Å². The summed E-state index contributed by atoms with van der Waals surface area (Å²) in [5.41, 5.74) is 1.43. The lowest BCUT2D eigenvalue weighted by atomic mass is 10.0. The number of rotatable bonds is 5. The molecule has 28 heavy (non-hydrogen) atoms. The van der Waals surface area contributed by atoms with E-state index >= 15 is 0 Å². The van der Waals surface area contributed by atoms with Crippen molar-refractivity contribution in [3.8, 4) is 17.1 Å². The number of likely N-dealkylation sites (tertiary alicyclic amines) is 1. The first-order valence-corrected chi connectivity index (χ1v) is 9.21. The van der Waals surface area contributed by atoms with Crippen molar-refractivity contribution >= 4 is 12.2 Å². The van der Waals surface area contributed by atoms with E-state index in [-0.39, 0.29) is 30.4 Å². The summed E-state index contributed by atoms with van der Waals surface area (Å²) in [4.78, 5) is 23.8. The number of nitrogens with one attached hydrogen (secondary N) is 1. The maximum absolute atomic E-state index is 14.6. The van der Waals surface area contributed by atoms with Gasteiger partial charge in [-0.15, -0.1) is 0 Å². The average molecular weight is 385 g/mol. The lowest BCUT2D eigenvalue weighted by Gasteiger charge is -2.33. The van der Waals surface area contributed by atoms with Gasteiger partial charge in [0.1, 0.15) is 11.9 Å². The van der Waals surface area contributed by atoms with Crippen molar-refractivity contribution in [2.45, 2.75) is 25.4 Å². The smallest absolute Gasteiger partial charge is 0.319 e. The molecule has 148 valence electrons. The molecular formula is C20H24FN5O2. The summed E-state index contributed by atoms with van der Waals surface area (Å²) in [5.74, 6) is -0.360. The number of urea groups is 1. The molecule has 1 aliphatic heterocycles. The van der Waals surface area contributed by atoms with Crippen molar-refractivity contribution in [2.24, 2.45) is 0 Å². The van der Waals surface area contributed by atoms with Gasteiger partial charge in [0.15, 0.2) is 0 Å². The van der Waals surface area contributed by atoms with Gasteiger partial charge < -0.3 is 19.9 Å². The van der Waals surface area contributed by atoms with E-state index in [4.69, 9.17) is 10.1 Å². The molecule has 1 N–H and O–H groups in total. The Hall–Kier alpha value is -3.03. The molecule has 0 aliphatic carbocycles. The van der Waals surface area contributed by atoms with Gasteiger partial charge in [-0.3, -0.25) is 0 Å². The fourth-order valence-electron chi connectivity index (χ4n) is 3.18. The zero-order valence-electron chi connectivity index (χ0n) is 16.1. The molecule has 7 nitrogen and oxygen atoms in total. The van der Waals surface area contributed by atoms with E-state index in [0.717, 1.165) is 0 Å². The minimum absolute atomic E-state index is 0.00586. The third-order valence-corrected chi connectivity index (χ3v) is 4.71. The molecular weight excluding hydrogens is 361 g/mol. The van der Waals surface area contributed by atoms with Gasteiger partial charge in [-0.1, -0.05) is 18.2 Å². The summed E-state index contributed by atoms with van der Waals surface area (Å²) in [6.07, 6.45) is 5.88. The third kappa shape index (κ3) is 4.44. The first-order valence-electron chi connectivity index (χ1n) is 9.21. The van der Waals surface area contributed by atoms with E-state index in [1.54, 1.807) is 54.5 Å². The second kappa shape index (κ2) is 8.77. The Morgan fingerprint density at radius 2 is 2.00 bits per heavy atom. The van der Waals surface area contributed by atoms with Crippen LogP contribution in [0.2, 0.25) is 0 Å². The largest absolute Gasteiger partial charge is 0.460 e. The lowest BCUT2D eigenvalue weighted by molar-refractivity contribution is 0.0949. The maximum atomic E-state index is 14.6. The number of halogens is 1. The van der Waals surface area contributed by atoms with Crippen LogP contribution >= 0.6 is 0 Å². The van der Waals surface area contributed by atoms with Crippen LogP contribution in [0.15, 0.2) is 30.6 Å². The molecule has 0 bridgehead atoms. The Morgan fingerprint density at radius 3 is 2.61 bits per heavy atom. The van der Waals surface area contributed by atoms with Gasteiger partial charge in [-0.25, -0.2) is 19.2 Å². The molecule has 2 amide bonds. The summed E-state index contributed by atoms with van der Waals surface area (Å²) in [7, 11) is 3.48. The summed E-state index contributed by atoms with van der Waals surface area (Å²) in [6, 6.07) is 5.34. The second-order valence-electron chi connectivity index (χ2n) is 6.92. The highest BCUT2D eigenvalue weighted by atomic mass is 19.1. The predicted molar refractivity (Wildman–Crippen MR) is 104 cm³/mol. The fourth-order valence-corrected chi connectivity index (χ4v) is 3.18. The molecule has 0 atom stereocenters. The van der Waals surface area contributed by atoms with E-state index in [9.17, 15) is 9.18 Å². The van der Waals surface area contributed by atoms with Crippen molar-refractivity contribution in [2.75, 3.05) is 27.2 Å². The van der Waals surface area contributed by atoms with Crippen LogP contribution in [0.25, 0.3) is 11.1 Å². The zero-order chi connectivity index (χ0) is 20.1. The molecule has 0 saturated carbocycles. The SMILES string of the molecule is CN(C)C(=O)N1CCC(Oc2ncc(-c3cccc(CC=N)c3F)cn2)CC1. The number of carbonyl (C=O) groups is 1.